The normalized spacial score (nSPS) is 13.6. The number of nitrogens with one attached hydrogen (secondary N) is 1. The highest BCUT2D eigenvalue weighted by Crippen LogP contribution is 2.27. The first-order valence-electron chi connectivity index (χ1n) is 7.61. The topological polar surface area (TPSA) is 110 Å². The van der Waals surface area contributed by atoms with Gasteiger partial charge in [-0.25, -0.2) is 0 Å². The van der Waals surface area contributed by atoms with E-state index in [1.54, 1.807) is 12.3 Å². The summed E-state index contributed by atoms with van der Waals surface area (Å²) in [7, 11) is 0. The zero-order valence-electron chi connectivity index (χ0n) is 13.3. The molecule has 3 N–H and O–H groups in total. The second-order valence-electron chi connectivity index (χ2n) is 5.51. The molecule has 24 heavy (non-hydrogen) atoms. The third kappa shape index (κ3) is 4.29. The summed E-state index contributed by atoms with van der Waals surface area (Å²) in [4.78, 5) is 47.2. The maximum absolute atomic E-state index is 11.9. The number of anilines is 1. The molecule has 0 atom stereocenters. The van der Waals surface area contributed by atoms with E-state index in [1.165, 1.54) is 28.4 Å². The SMILES string of the molecule is Cc1csc(NC(=O)CCCCCN2C(=O)C=CC2=O)c1C(N)=O. The van der Waals surface area contributed by atoms with Gasteiger partial charge in [0.05, 0.1) is 5.56 Å². The number of rotatable bonds is 8. The molecule has 1 aliphatic rings. The van der Waals surface area contributed by atoms with E-state index >= 15 is 0 Å². The smallest absolute Gasteiger partial charge is 0.253 e. The van der Waals surface area contributed by atoms with Gasteiger partial charge < -0.3 is 11.1 Å². The van der Waals surface area contributed by atoms with Crippen molar-refractivity contribution >= 4 is 40.0 Å². The van der Waals surface area contributed by atoms with Crippen LogP contribution in [-0.2, 0) is 14.4 Å². The number of carbonyl (C=O) groups excluding carboxylic acids is 4. The molecule has 1 aromatic heterocycles. The lowest BCUT2D eigenvalue weighted by molar-refractivity contribution is -0.136. The summed E-state index contributed by atoms with van der Waals surface area (Å²) in [6, 6.07) is 0. The average Bonchev–Trinajstić information content (AvgIpc) is 3.03. The van der Waals surface area contributed by atoms with E-state index in [4.69, 9.17) is 5.73 Å². The highest BCUT2D eigenvalue weighted by molar-refractivity contribution is 7.15. The Morgan fingerprint density at radius 1 is 1.17 bits per heavy atom. The molecule has 2 heterocycles. The lowest BCUT2D eigenvalue weighted by atomic mass is 10.1. The van der Waals surface area contributed by atoms with Crippen LogP contribution in [0, 0.1) is 6.92 Å². The van der Waals surface area contributed by atoms with Crippen LogP contribution in [0.2, 0.25) is 0 Å². The van der Waals surface area contributed by atoms with Crippen LogP contribution in [0.25, 0.3) is 0 Å². The number of unbranched alkanes of at least 4 members (excludes halogenated alkanes) is 2. The van der Waals surface area contributed by atoms with Gasteiger partial charge in [-0.1, -0.05) is 6.42 Å². The largest absolute Gasteiger partial charge is 0.365 e. The molecular weight excluding hydrogens is 330 g/mol. The molecule has 0 aromatic carbocycles. The van der Waals surface area contributed by atoms with Gasteiger partial charge in [0.15, 0.2) is 0 Å². The zero-order chi connectivity index (χ0) is 17.7. The van der Waals surface area contributed by atoms with Crippen molar-refractivity contribution < 1.29 is 19.2 Å². The third-order valence-corrected chi connectivity index (χ3v) is 4.67. The summed E-state index contributed by atoms with van der Waals surface area (Å²) in [5.74, 6) is -1.32. The first kappa shape index (κ1) is 17.9. The highest BCUT2D eigenvalue weighted by Gasteiger charge is 2.22. The van der Waals surface area contributed by atoms with Crippen molar-refractivity contribution in [2.24, 2.45) is 5.73 Å². The van der Waals surface area contributed by atoms with Gasteiger partial charge in [-0.3, -0.25) is 24.1 Å². The summed E-state index contributed by atoms with van der Waals surface area (Å²) >= 11 is 1.27. The molecule has 128 valence electrons. The van der Waals surface area contributed by atoms with Crippen molar-refractivity contribution in [2.45, 2.75) is 32.6 Å². The van der Waals surface area contributed by atoms with Gasteiger partial charge in [-0.2, -0.15) is 0 Å². The standard InChI is InChI=1S/C16H19N3O4S/c1-10-9-24-16(14(10)15(17)23)18-11(20)5-3-2-4-8-19-12(21)6-7-13(19)22/h6-7,9H,2-5,8H2,1H3,(H2,17,23)(H,18,20). The van der Waals surface area contributed by atoms with E-state index in [0.717, 1.165) is 12.0 Å². The van der Waals surface area contributed by atoms with Gasteiger partial charge in [-0.15, -0.1) is 11.3 Å². The van der Waals surface area contributed by atoms with E-state index in [2.05, 4.69) is 5.32 Å². The van der Waals surface area contributed by atoms with Gasteiger partial charge in [0.2, 0.25) is 5.91 Å². The monoisotopic (exact) mass is 349 g/mol. The summed E-state index contributed by atoms with van der Waals surface area (Å²) in [5, 5.41) is 4.96. The van der Waals surface area contributed by atoms with Crippen LogP contribution in [-0.4, -0.2) is 35.1 Å². The van der Waals surface area contributed by atoms with Crippen LogP contribution < -0.4 is 11.1 Å². The van der Waals surface area contributed by atoms with Gasteiger partial charge in [0.25, 0.3) is 17.7 Å². The Morgan fingerprint density at radius 3 is 2.46 bits per heavy atom. The molecule has 2 rings (SSSR count). The predicted molar refractivity (Wildman–Crippen MR) is 90.5 cm³/mol. The van der Waals surface area contributed by atoms with Crippen molar-refractivity contribution in [3.8, 4) is 0 Å². The van der Waals surface area contributed by atoms with Crippen molar-refractivity contribution in [1.82, 2.24) is 4.90 Å². The number of carbonyl (C=O) groups is 4. The molecule has 8 heteroatoms. The van der Waals surface area contributed by atoms with Gasteiger partial charge in [0.1, 0.15) is 5.00 Å². The first-order chi connectivity index (χ1) is 11.4. The molecule has 1 aliphatic heterocycles. The number of thiophene rings is 1. The van der Waals surface area contributed by atoms with Gasteiger partial charge in [-0.05, 0) is 30.7 Å². The summed E-state index contributed by atoms with van der Waals surface area (Å²) in [6.07, 6.45) is 4.82. The maximum Gasteiger partial charge on any atom is 0.253 e. The third-order valence-electron chi connectivity index (χ3n) is 3.66. The Kier molecular flexibility index (Phi) is 5.86. The molecule has 0 saturated carbocycles. The summed E-state index contributed by atoms with van der Waals surface area (Å²) in [5.41, 5.74) is 6.41. The Labute approximate surface area is 143 Å². The van der Waals surface area contributed by atoms with Crippen molar-refractivity contribution in [3.05, 3.63) is 28.7 Å². The fourth-order valence-electron chi connectivity index (χ4n) is 2.42. The Balaban J connectivity index is 1.70. The Morgan fingerprint density at radius 2 is 1.83 bits per heavy atom. The molecule has 1 aromatic rings. The molecule has 4 amide bonds. The van der Waals surface area contributed by atoms with Crippen LogP contribution >= 0.6 is 11.3 Å². The van der Waals surface area contributed by atoms with Crippen LogP contribution in [0.5, 0.6) is 0 Å². The molecule has 7 nitrogen and oxygen atoms in total. The lowest BCUT2D eigenvalue weighted by Gasteiger charge is -2.13. The minimum absolute atomic E-state index is 0.186. The number of nitrogens with zero attached hydrogens (tertiary/aromatic N) is 1. The lowest BCUT2D eigenvalue weighted by Crippen LogP contribution is -2.30. The predicted octanol–water partition coefficient (Wildman–Crippen LogP) is 1.58. The molecule has 0 aliphatic carbocycles. The molecule has 0 radical (unpaired) electrons. The second-order valence-corrected chi connectivity index (χ2v) is 6.39. The highest BCUT2D eigenvalue weighted by atomic mass is 32.1. The van der Waals surface area contributed by atoms with E-state index in [9.17, 15) is 19.2 Å². The van der Waals surface area contributed by atoms with Crippen molar-refractivity contribution in [1.29, 1.82) is 0 Å². The second kappa shape index (κ2) is 7.87. The van der Waals surface area contributed by atoms with E-state index < -0.39 is 5.91 Å². The minimum Gasteiger partial charge on any atom is -0.365 e. The fraction of sp³-hybridized carbons (Fsp3) is 0.375. The Bertz CT molecular complexity index is 690. The summed E-state index contributed by atoms with van der Waals surface area (Å²) < 4.78 is 0. The van der Waals surface area contributed by atoms with Crippen molar-refractivity contribution in [2.75, 3.05) is 11.9 Å². The minimum atomic E-state index is -0.558. The number of aryl methyl sites for hydroxylation is 1. The molecule has 0 saturated heterocycles. The fourth-order valence-corrected chi connectivity index (χ4v) is 3.38. The maximum atomic E-state index is 11.9. The first-order valence-corrected chi connectivity index (χ1v) is 8.49. The number of amides is 4. The number of hydrogen-bond acceptors (Lipinski definition) is 5. The Hall–Kier alpha value is -2.48. The van der Waals surface area contributed by atoms with E-state index in [1.807, 2.05) is 0 Å². The van der Waals surface area contributed by atoms with Crippen LogP contribution in [0.15, 0.2) is 17.5 Å². The molecule has 0 spiro atoms. The summed E-state index contributed by atoms with van der Waals surface area (Å²) in [6.45, 7) is 2.13. The molecular formula is C16H19N3O4S. The molecule has 0 bridgehead atoms. The van der Waals surface area contributed by atoms with Crippen LogP contribution in [0.1, 0.15) is 41.6 Å². The van der Waals surface area contributed by atoms with E-state index in [-0.39, 0.29) is 17.7 Å². The average molecular weight is 349 g/mol. The molecule has 0 unspecified atom stereocenters. The van der Waals surface area contributed by atoms with Gasteiger partial charge >= 0.3 is 0 Å². The van der Waals surface area contributed by atoms with E-state index in [0.29, 0.717) is 36.4 Å². The van der Waals surface area contributed by atoms with Gasteiger partial charge in [0, 0.05) is 25.1 Å². The zero-order valence-corrected chi connectivity index (χ0v) is 14.1. The van der Waals surface area contributed by atoms with Crippen LogP contribution in [0.4, 0.5) is 5.00 Å². The van der Waals surface area contributed by atoms with Crippen molar-refractivity contribution in [3.63, 3.8) is 0 Å². The number of hydrogen-bond donors (Lipinski definition) is 2. The number of primary amides is 1. The number of imide groups is 1. The van der Waals surface area contributed by atoms with Crippen LogP contribution in [0.3, 0.4) is 0 Å². The number of nitrogens with two attached hydrogens (primary N) is 1. The quantitative estimate of drug-likeness (QED) is 0.548. The molecule has 0 fully saturated rings.